The smallest absolute Gasteiger partial charge is 0.315 e. The first-order valence-corrected chi connectivity index (χ1v) is 7.24. The van der Waals surface area contributed by atoms with Gasteiger partial charge in [0.25, 0.3) is 0 Å². The van der Waals surface area contributed by atoms with Gasteiger partial charge in [-0.05, 0) is 38.3 Å². The van der Waals surface area contributed by atoms with Crippen LogP contribution in [0.3, 0.4) is 0 Å². The molecule has 0 aliphatic carbocycles. The molecule has 0 aliphatic rings. The van der Waals surface area contributed by atoms with E-state index >= 15 is 0 Å². The molecule has 0 aliphatic heterocycles. The lowest BCUT2D eigenvalue weighted by Gasteiger charge is -2.14. The van der Waals surface area contributed by atoms with E-state index in [1.807, 2.05) is 19.1 Å². The van der Waals surface area contributed by atoms with Crippen LogP contribution in [0, 0.1) is 6.92 Å². The van der Waals surface area contributed by atoms with Gasteiger partial charge in [-0.3, -0.25) is 0 Å². The minimum Gasteiger partial charge on any atom is -0.496 e. The lowest BCUT2D eigenvalue weighted by Crippen LogP contribution is -2.41. The fourth-order valence-electron chi connectivity index (χ4n) is 2.19. The molecule has 0 fully saturated rings. The third-order valence-electron chi connectivity index (χ3n) is 3.21. The number of nitrogens with one attached hydrogen (secondary N) is 2. The Morgan fingerprint density at radius 3 is 2.80 bits per heavy atom. The zero-order valence-corrected chi connectivity index (χ0v) is 13.0. The van der Waals surface area contributed by atoms with Crippen LogP contribution < -0.4 is 15.4 Å². The number of carbonyl (C=O) groups is 1. The van der Waals surface area contributed by atoms with Crippen LogP contribution in [0.4, 0.5) is 4.79 Å². The number of carbonyl (C=O) groups excluding carboxylic acids is 1. The van der Waals surface area contributed by atoms with Gasteiger partial charge < -0.3 is 15.4 Å². The quantitative estimate of drug-likeness (QED) is 0.805. The molecule has 0 heterocycles. The van der Waals surface area contributed by atoms with Crippen molar-refractivity contribution in [3.05, 3.63) is 29.3 Å². The number of amides is 2. The van der Waals surface area contributed by atoms with Crippen LogP contribution in [0.25, 0.3) is 0 Å². The van der Waals surface area contributed by atoms with Crippen LogP contribution >= 0.6 is 0 Å². The number of benzene rings is 1. The zero-order chi connectivity index (χ0) is 15.0. The molecule has 0 aromatic heterocycles. The van der Waals surface area contributed by atoms with E-state index in [1.54, 1.807) is 7.11 Å². The van der Waals surface area contributed by atoms with Crippen molar-refractivity contribution >= 4 is 6.03 Å². The van der Waals surface area contributed by atoms with Crippen LogP contribution in [0.5, 0.6) is 5.75 Å². The van der Waals surface area contributed by atoms with Gasteiger partial charge in [0.05, 0.1) is 7.11 Å². The standard InChI is InChI=1S/C16H26N2O2/c1-5-6-13(3)18-16(19)17-10-9-14-11-12(2)7-8-15(14)20-4/h7-8,11,13H,5-6,9-10H2,1-4H3,(H2,17,18,19)/t13-/m0/s1. The lowest BCUT2D eigenvalue weighted by atomic mass is 10.1. The van der Waals surface area contributed by atoms with Crippen molar-refractivity contribution in [3.63, 3.8) is 0 Å². The minimum atomic E-state index is -0.0995. The predicted molar refractivity (Wildman–Crippen MR) is 82.3 cm³/mol. The molecule has 2 amide bonds. The van der Waals surface area contributed by atoms with Crippen molar-refractivity contribution in [2.75, 3.05) is 13.7 Å². The van der Waals surface area contributed by atoms with Gasteiger partial charge in [-0.2, -0.15) is 0 Å². The Morgan fingerprint density at radius 1 is 1.40 bits per heavy atom. The maximum Gasteiger partial charge on any atom is 0.315 e. The zero-order valence-electron chi connectivity index (χ0n) is 13.0. The van der Waals surface area contributed by atoms with Gasteiger partial charge >= 0.3 is 6.03 Å². The summed E-state index contributed by atoms with van der Waals surface area (Å²) >= 11 is 0. The number of aryl methyl sites for hydroxylation is 1. The molecule has 112 valence electrons. The summed E-state index contributed by atoms with van der Waals surface area (Å²) in [7, 11) is 1.67. The molecule has 1 atom stereocenters. The summed E-state index contributed by atoms with van der Waals surface area (Å²) in [6.07, 6.45) is 2.83. The second-order valence-electron chi connectivity index (χ2n) is 5.16. The summed E-state index contributed by atoms with van der Waals surface area (Å²) in [5.41, 5.74) is 2.32. The number of ether oxygens (including phenoxy) is 1. The van der Waals surface area contributed by atoms with Gasteiger partial charge in [-0.25, -0.2) is 4.79 Å². The van der Waals surface area contributed by atoms with Crippen LogP contribution in [-0.2, 0) is 6.42 Å². The Kier molecular flexibility index (Phi) is 6.91. The lowest BCUT2D eigenvalue weighted by molar-refractivity contribution is 0.237. The second kappa shape index (κ2) is 8.46. The van der Waals surface area contributed by atoms with Crippen LogP contribution in [0.2, 0.25) is 0 Å². The van der Waals surface area contributed by atoms with Crippen molar-refractivity contribution < 1.29 is 9.53 Å². The van der Waals surface area contributed by atoms with Crippen molar-refractivity contribution in [2.24, 2.45) is 0 Å². The number of urea groups is 1. The Balaban J connectivity index is 2.40. The van der Waals surface area contributed by atoms with Crippen molar-refractivity contribution in [3.8, 4) is 5.75 Å². The summed E-state index contributed by atoms with van der Waals surface area (Å²) < 4.78 is 5.33. The van der Waals surface area contributed by atoms with E-state index in [0.29, 0.717) is 6.54 Å². The van der Waals surface area contributed by atoms with Crippen LogP contribution in [0.1, 0.15) is 37.8 Å². The molecule has 0 unspecified atom stereocenters. The van der Waals surface area contributed by atoms with E-state index in [0.717, 1.165) is 30.6 Å². The average Bonchev–Trinajstić information content (AvgIpc) is 2.39. The van der Waals surface area contributed by atoms with Crippen molar-refractivity contribution in [2.45, 2.75) is 46.1 Å². The Morgan fingerprint density at radius 2 is 2.15 bits per heavy atom. The summed E-state index contributed by atoms with van der Waals surface area (Å²) in [5, 5.41) is 5.81. The van der Waals surface area contributed by atoms with Gasteiger partial charge in [0.2, 0.25) is 0 Å². The second-order valence-corrected chi connectivity index (χ2v) is 5.16. The van der Waals surface area contributed by atoms with E-state index in [1.165, 1.54) is 5.56 Å². The molecule has 4 heteroatoms. The van der Waals surface area contributed by atoms with Gasteiger partial charge in [0.1, 0.15) is 5.75 Å². The normalized spacial score (nSPS) is 11.8. The molecule has 4 nitrogen and oxygen atoms in total. The number of rotatable bonds is 7. The number of hydrogen-bond acceptors (Lipinski definition) is 2. The Labute approximate surface area is 121 Å². The van der Waals surface area contributed by atoms with Crippen LogP contribution in [-0.4, -0.2) is 25.7 Å². The van der Waals surface area contributed by atoms with Crippen LogP contribution in [0.15, 0.2) is 18.2 Å². The van der Waals surface area contributed by atoms with E-state index in [-0.39, 0.29) is 12.1 Å². The molecule has 20 heavy (non-hydrogen) atoms. The maximum atomic E-state index is 11.7. The first-order chi connectivity index (χ1) is 9.56. The highest BCUT2D eigenvalue weighted by Crippen LogP contribution is 2.19. The fraction of sp³-hybridized carbons (Fsp3) is 0.562. The number of methoxy groups -OCH3 is 1. The fourth-order valence-corrected chi connectivity index (χ4v) is 2.19. The highest BCUT2D eigenvalue weighted by molar-refractivity contribution is 5.74. The van der Waals surface area contributed by atoms with Gasteiger partial charge in [0.15, 0.2) is 0 Å². The summed E-state index contributed by atoms with van der Waals surface area (Å²) in [6, 6.07) is 6.20. The first kappa shape index (κ1) is 16.3. The molecular formula is C16H26N2O2. The molecule has 2 N–H and O–H groups in total. The molecule has 0 spiro atoms. The van der Waals surface area contributed by atoms with Crippen molar-refractivity contribution in [1.29, 1.82) is 0 Å². The molecule has 1 aromatic rings. The third-order valence-corrected chi connectivity index (χ3v) is 3.21. The Bertz CT molecular complexity index is 432. The third kappa shape index (κ3) is 5.51. The molecular weight excluding hydrogens is 252 g/mol. The van der Waals surface area contributed by atoms with E-state index in [2.05, 4.69) is 30.5 Å². The summed E-state index contributed by atoms with van der Waals surface area (Å²) in [6.45, 7) is 6.78. The minimum absolute atomic E-state index is 0.0995. The molecule has 1 aromatic carbocycles. The molecule has 0 bridgehead atoms. The van der Waals surface area contributed by atoms with Gasteiger partial charge in [-0.1, -0.05) is 31.0 Å². The summed E-state index contributed by atoms with van der Waals surface area (Å²) in [4.78, 5) is 11.7. The summed E-state index contributed by atoms with van der Waals surface area (Å²) in [5.74, 6) is 0.872. The largest absolute Gasteiger partial charge is 0.496 e. The highest BCUT2D eigenvalue weighted by Gasteiger charge is 2.07. The van der Waals surface area contributed by atoms with Gasteiger partial charge in [-0.15, -0.1) is 0 Å². The average molecular weight is 278 g/mol. The topological polar surface area (TPSA) is 50.4 Å². The highest BCUT2D eigenvalue weighted by atomic mass is 16.5. The van der Waals surface area contributed by atoms with Crippen molar-refractivity contribution in [1.82, 2.24) is 10.6 Å². The first-order valence-electron chi connectivity index (χ1n) is 7.24. The number of hydrogen-bond donors (Lipinski definition) is 2. The molecule has 0 saturated heterocycles. The van der Waals surface area contributed by atoms with E-state index < -0.39 is 0 Å². The molecule has 1 rings (SSSR count). The van der Waals surface area contributed by atoms with E-state index in [4.69, 9.17) is 4.74 Å². The maximum absolute atomic E-state index is 11.7. The molecule has 0 saturated carbocycles. The monoisotopic (exact) mass is 278 g/mol. The SMILES string of the molecule is CCC[C@H](C)NC(=O)NCCc1cc(C)ccc1OC. The predicted octanol–water partition coefficient (Wildman–Crippen LogP) is 3.03. The van der Waals surface area contributed by atoms with E-state index in [9.17, 15) is 4.79 Å². The molecule has 0 radical (unpaired) electrons. The Hall–Kier alpha value is -1.71. The van der Waals surface area contributed by atoms with Gasteiger partial charge in [0, 0.05) is 12.6 Å².